The largest absolute Gasteiger partial charge is 0.493 e. The lowest BCUT2D eigenvalue weighted by Crippen LogP contribution is -2.43. The second-order valence-electron chi connectivity index (χ2n) is 6.73. The Hall–Kier alpha value is -1.02. The van der Waals surface area contributed by atoms with Crippen LogP contribution in [0, 0.1) is 11.8 Å². The van der Waals surface area contributed by atoms with Gasteiger partial charge in [-0.25, -0.2) is 0 Å². The Kier molecular flexibility index (Phi) is 4.84. The van der Waals surface area contributed by atoms with Crippen molar-refractivity contribution in [2.24, 2.45) is 11.8 Å². The minimum absolute atomic E-state index is 0.532. The van der Waals surface area contributed by atoms with E-state index in [1.807, 2.05) is 0 Å². The van der Waals surface area contributed by atoms with Crippen LogP contribution >= 0.6 is 0 Å². The molecule has 2 nitrogen and oxygen atoms in total. The molecule has 0 radical (unpaired) electrons. The average Bonchev–Trinajstić information content (AvgIpc) is 2.97. The van der Waals surface area contributed by atoms with E-state index in [0.29, 0.717) is 12.0 Å². The molecule has 2 atom stereocenters. The van der Waals surface area contributed by atoms with Crippen molar-refractivity contribution in [2.75, 3.05) is 13.2 Å². The zero-order chi connectivity index (χ0) is 14.7. The molecule has 3 rings (SSSR count). The van der Waals surface area contributed by atoms with Crippen molar-refractivity contribution in [2.45, 2.75) is 57.9 Å². The maximum absolute atomic E-state index is 5.93. The third kappa shape index (κ3) is 3.11. The number of nitrogens with one attached hydrogen (secondary N) is 1. The van der Waals surface area contributed by atoms with Crippen LogP contribution < -0.4 is 10.1 Å². The fraction of sp³-hybridized carbons (Fsp3) is 0.684. The minimum atomic E-state index is 0.532. The number of rotatable bonds is 5. The molecule has 2 unspecified atom stereocenters. The van der Waals surface area contributed by atoms with Crippen LogP contribution in [0.25, 0.3) is 0 Å². The Balaban J connectivity index is 1.74. The van der Waals surface area contributed by atoms with Gasteiger partial charge in [-0.15, -0.1) is 0 Å². The van der Waals surface area contributed by atoms with Gasteiger partial charge >= 0.3 is 0 Å². The Bertz CT molecular complexity index is 451. The maximum atomic E-state index is 5.93. The van der Waals surface area contributed by atoms with Crippen LogP contribution in [0.3, 0.4) is 0 Å². The molecule has 0 amide bonds. The molecule has 1 heterocycles. The lowest BCUT2D eigenvalue weighted by molar-refractivity contribution is 0.186. The Morgan fingerprint density at radius 3 is 2.62 bits per heavy atom. The standard InChI is InChI=1S/C19H29NO/c1-3-14-9-11-15(12-10-14)19(20-4-2)17-13-21-18-8-6-5-7-16(17)18/h5-8,14-15,17,19-20H,3-4,9-13H2,1-2H3. The van der Waals surface area contributed by atoms with E-state index in [0.717, 1.165) is 30.7 Å². The van der Waals surface area contributed by atoms with Crippen molar-refractivity contribution in [3.63, 3.8) is 0 Å². The van der Waals surface area contributed by atoms with Crippen LogP contribution in [-0.2, 0) is 0 Å². The van der Waals surface area contributed by atoms with E-state index in [4.69, 9.17) is 4.74 Å². The van der Waals surface area contributed by atoms with Gasteiger partial charge in [-0.05, 0) is 37.3 Å². The molecule has 0 aromatic heterocycles. The highest BCUT2D eigenvalue weighted by Gasteiger charge is 2.36. The van der Waals surface area contributed by atoms with Crippen LogP contribution in [0.1, 0.15) is 57.4 Å². The van der Waals surface area contributed by atoms with Gasteiger partial charge in [-0.1, -0.05) is 51.3 Å². The SMILES string of the molecule is CCNC(C1CCC(CC)CC1)C1COc2ccccc21. The van der Waals surface area contributed by atoms with Gasteiger partial charge in [0.1, 0.15) is 5.75 Å². The van der Waals surface area contributed by atoms with E-state index >= 15 is 0 Å². The normalized spacial score (nSPS) is 29.7. The van der Waals surface area contributed by atoms with Gasteiger partial charge in [-0.2, -0.15) is 0 Å². The van der Waals surface area contributed by atoms with E-state index in [1.54, 1.807) is 0 Å². The highest BCUT2D eigenvalue weighted by Crippen LogP contribution is 2.41. The molecule has 1 aliphatic heterocycles. The molecule has 1 N–H and O–H groups in total. The number of hydrogen-bond donors (Lipinski definition) is 1. The first-order chi connectivity index (χ1) is 10.3. The third-order valence-corrected chi connectivity index (χ3v) is 5.59. The van der Waals surface area contributed by atoms with Crippen molar-refractivity contribution < 1.29 is 4.74 Å². The summed E-state index contributed by atoms with van der Waals surface area (Å²) in [5.74, 6) is 3.42. The molecule has 2 aliphatic rings. The van der Waals surface area contributed by atoms with Gasteiger partial charge in [0.15, 0.2) is 0 Å². The number of para-hydroxylation sites is 1. The summed E-state index contributed by atoms with van der Waals surface area (Å²) in [5, 5.41) is 3.79. The Morgan fingerprint density at radius 2 is 1.90 bits per heavy atom. The molecule has 1 aromatic rings. The first-order valence-electron chi connectivity index (χ1n) is 8.78. The summed E-state index contributed by atoms with van der Waals surface area (Å²) in [5.41, 5.74) is 1.42. The number of likely N-dealkylation sites (N-methyl/N-ethyl adjacent to an activating group) is 1. The summed E-state index contributed by atoms with van der Waals surface area (Å²) in [6.07, 6.45) is 6.95. The van der Waals surface area contributed by atoms with Crippen LogP contribution in [0.4, 0.5) is 0 Å². The molecule has 0 spiro atoms. The van der Waals surface area contributed by atoms with Gasteiger partial charge in [0.05, 0.1) is 6.61 Å². The lowest BCUT2D eigenvalue weighted by atomic mass is 9.73. The van der Waals surface area contributed by atoms with Gasteiger partial charge in [-0.3, -0.25) is 0 Å². The summed E-state index contributed by atoms with van der Waals surface area (Å²) in [7, 11) is 0. The number of hydrogen-bond acceptors (Lipinski definition) is 2. The fourth-order valence-corrected chi connectivity index (χ4v) is 4.31. The lowest BCUT2D eigenvalue weighted by Gasteiger charge is -2.36. The van der Waals surface area contributed by atoms with E-state index < -0.39 is 0 Å². The predicted molar refractivity (Wildman–Crippen MR) is 87.9 cm³/mol. The number of ether oxygens (including phenoxy) is 1. The maximum Gasteiger partial charge on any atom is 0.122 e. The van der Waals surface area contributed by atoms with Gasteiger partial charge in [0, 0.05) is 17.5 Å². The monoisotopic (exact) mass is 287 g/mol. The van der Waals surface area contributed by atoms with Crippen LogP contribution in [0.2, 0.25) is 0 Å². The molecule has 1 saturated carbocycles. The van der Waals surface area contributed by atoms with E-state index in [2.05, 4.69) is 43.4 Å². The molecule has 116 valence electrons. The zero-order valence-electron chi connectivity index (χ0n) is 13.5. The third-order valence-electron chi connectivity index (χ3n) is 5.59. The summed E-state index contributed by atoms with van der Waals surface area (Å²) in [6.45, 7) is 6.47. The van der Waals surface area contributed by atoms with Crippen molar-refractivity contribution >= 4 is 0 Å². The molecular weight excluding hydrogens is 258 g/mol. The van der Waals surface area contributed by atoms with E-state index in [9.17, 15) is 0 Å². The molecule has 21 heavy (non-hydrogen) atoms. The van der Waals surface area contributed by atoms with E-state index in [1.165, 1.54) is 37.7 Å². The van der Waals surface area contributed by atoms with Gasteiger partial charge < -0.3 is 10.1 Å². The molecule has 0 bridgehead atoms. The van der Waals surface area contributed by atoms with Gasteiger partial charge in [0.25, 0.3) is 0 Å². The summed E-state index contributed by atoms with van der Waals surface area (Å²) in [6, 6.07) is 9.19. The molecule has 1 aromatic carbocycles. The minimum Gasteiger partial charge on any atom is -0.493 e. The van der Waals surface area contributed by atoms with Crippen molar-refractivity contribution in [3.8, 4) is 5.75 Å². The number of fused-ring (bicyclic) bond motifs is 1. The number of benzene rings is 1. The zero-order valence-corrected chi connectivity index (χ0v) is 13.5. The second kappa shape index (κ2) is 6.83. The molecule has 1 fully saturated rings. The molecule has 1 aliphatic carbocycles. The van der Waals surface area contributed by atoms with Crippen molar-refractivity contribution in [3.05, 3.63) is 29.8 Å². The van der Waals surface area contributed by atoms with Gasteiger partial charge in [0.2, 0.25) is 0 Å². The van der Waals surface area contributed by atoms with Crippen LogP contribution in [0.15, 0.2) is 24.3 Å². The smallest absolute Gasteiger partial charge is 0.122 e. The molecule has 2 heteroatoms. The fourth-order valence-electron chi connectivity index (χ4n) is 4.31. The first-order valence-corrected chi connectivity index (χ1v) is 8.78. The van der Waals surface area contributed by atoms with Crippen molar-refractivity contribution in [1.82, 2.24) is 5.32 Å². The van der Waals surface area contributed by atoms with Crippen LogP contribution in [0.5, 0.6) is 5.75 Å². The highest BCUT2D eigenvalue weighted by molar-refractivity contribution is 5.40. The Morgan fingerprint density at radius 1 is 1.14 bits per heavy atom. The quantitative estimate of drug-likeness (QED) is 0.869. The van der Waals surface area contributed by atoms with E-state index in [-0.39, 0.29) is 0 Å². The van der Waals surface area contributed by atoms with Crippen LogP contribution in [-0.4, -0.2) is 19.2 Å². The predicted octanol–water partition coefficient (Wildman–Crippen LogP) is 4.36. The topological polar surface area (TPSA) is 21.3 Å². The summed E-state index contributed by atoms with van der Waals surface area (Å²) in [4.78, 5) is 0. The second-order valence-corrected chi connectivity index (χ2v) is 6.73. The first kappa shape index (κ1) is 14.9. The Labute approximate surface area is 129 Å². The average molecular weight is 287 g/mol. The summed E-state index contributed by atoms with van der Waals surface area (Å²) >= 11 is 0. The highest BCUT2D eigenvalue weighted by atomic mass is 16.5. The summed E-state index contributed by atoms with van der Waals surface area (Å²) < 4.78 is 5.93. The molecular formula is C19H29NO. The van der Waals surface area contributed by atoms with Crippen molar-refractivity contribution in [1.29, 1.82) is 0 Å². The molecule has 0 saturated heterocycles.